The van der Waals surface area contributed by atoms with Crippen LogP contribution in [-0.4, -0.2) is 44.0 Å². The smallest absolute Gasteiger partial charge is 0.306 e. The monoisotopic (exact) mass is 428 g/mol. The van der Waals surface area contributed by atoms with Gasteiger partial charge in [0.1, 0.15) is 23.0 Å². The first kappa shape index (κ1) is 21.9. The number of carbonyl (C=O) groups is 1. The largest absolute Gasteiger partial charge is 0.497 e. The molecule has 0 aliphatic heterocycles. The number of rotatable bonds is 11. The minimum absolute atomic E-state index is 0.107. The maximum absolute atomic E-state index is 11.9. The van der Waals surface area contributed by atoms with Gasteiger partial charge in [-0.15, -0.1) is 0 Å². The van der Waals surface area contributed by atoms with E-state index in [0.29, 0.717) is 41.7 Å². The molecule has 9 nitrogen and oxygen atoms in total. The molecule has 9 heteroatoms. The molecule has 1 heterocycles. The van der Waals surface area contributed by atoms with Crippen molar-refractivity contribution >= 4 is 5.97 Å². The Kier molecular flexibility index (Phi) is 7.69. The molecule has 3 aromatic rings. The molecule has 164 valence electrons. The fourth-order valence-electron chi connectivity index (χ4n) is 2.70. The zero-order chi connectivity index (χ0) is 22.1. The Bertz CT molecular complexity index is 986. The maximum Gasteiger partial charge on any atom is 0.306 e. The minimum Gasteiger partial charge on any atom is -0.497 e. The molecule has 0 bridgehead atoms. The number of aromatic nitrogens is 2. The molecule has 0 atom stereocenters. The second kappa shape index (κ2) is 10.9. The number of ether oxygens (including phenoxy) is 5. The summed E-state index contributed by atoms with van der Waals surface area (Å²) in [4.78, 5) is 16.2. The van der Waals surface area contributed by atoms with Crippen LogP contribution in [0.15, 0.2) is 47.0 Å². The quantitative estimate of drug-likeness (QED) is 0.334. The summed E-state index contributed by atoms with van der Waals surface area (Å²) in [6, 6.07) is 12.5. The van der Waals surface area contributed by atoms with Crippen molar-refractivity contribution in [3.05, 3.63) is 48.4 Å². The second-order valence-electron chi connectivity index (χ2n) is 6.37. The van der Waals surface area contributed by atoms with Crippen molar-refractivity contribution in [2.45, 2.75) is 19.4 Å². The molecule has 2 aromatic carbocycles. The average Bonchev–Trinajstić information content (AvgIpc) is 3.29. The van der Waals surface area contributed by atoms with E-state index < -0.39 is 0 Å². The van der Waals surface area contributed by atoms with Crippen LogP contribution in [-0.2, 0) is 16.1 Å². The zero-order valence-corrected chi connectivity index (χ0v) is 17.6. The second-order valence-corrected chi connectivity index (χ2v) is 6.37. The van der Waals surface area contributed by atoms with Crippen LogP contribution in [0, 0.1) is 0 Å². The highest BCUT2D eigenvalue weighted by Crippen LogP contribution is 2.31. The highest BCUT2D eigenvalue weighted by molar-refractivity contribution is 5.69. The van der Waals surface area contributed by atoms with E-state index >= 15 is 0 Å². The molecule has 0 fully saturated rings. The SMILES string of the molecule is COc1ccc(OCCCC(=O)OCc2nc(-c3ccc(OC)cc3OC)no2)cc1. The van der Waals surface area contributed by atoms with E-state index in [9.17, 15) is 4.79 Å². The standard InChI is InChI=1S/C22H24N2O7/c1-26-15-6-8-16(9-7-15)29-12-4-5-21(25)30-14-20-23-22(24-31-20)18-11-10-17(27-2)13-19(18)28-3/h6-11,13H,4-5,12,14H2,1-3H3. The van der Waals surface area contributed by atoms with Crippen molar-refractivity contribution in [1.29, 1.82) is 0 Å². The van der Waals surface area contributed by atoms with Crippen molar-refractivity contribution in [2.24, 2.45) is 0 Å². The molecule has 1 aromatic heterocycles. The van der Waals surface area contributed by atoms with Crippen molar-refractivity contribution in [1.82, 2.24) is 10.1 Å². The summed E-state index contributed by atoms with van der Waals surface area (Å²) in [6.45, 7) is 0.285. The first-order chi connectivity index (χ1) is 15.1. The Morgan fingerprint density at radius 3 is 2.35 bits per heavy atom. The van der Waals surface area contributed by atoms with E-state index in [1.165, 1.54) is 0 Å². The van der Waals surface area contributed by atoms with Gasteiger partial charge in [0.25, 0.3) is 5.89 Å². The Hall–Kier alpha value is -3.75. The van der Waals surface area contributed by atoms with Gasteiger partial charge in [-0.1, -0.05) is 5.16 Å². The molecule has 0 saturated heterocycles. The number of carbonyl (C=O) groups excluding carboxylic acids is 1. The number of methoxy groups -OCH3 is 3. The summed E-state index contributed by atoms with van der Waals surface area (Å²) >= 11 is 0. The first-order valence-corrected chi connectivity index (χ1v) is 9.60. The molecule has 0 aliphatic carbocycles. The number of esters is 1. The third-order valence-electron chi connectivity index (χ3n) is 4.33. The maximum atomic E-state index is 11.9. The lowest BCUT2D eigenvalue weighted by Crippen LogP contribution is -2.07. The number of hydrogen-bond donors (Lipinski definition) is 0. The minimum atomic E-state index is -0.375. The van der Waals surface area contributed by atoms with E-state index in [2.05, 4.69) is 10.1 Å². The Labute approximate surface area is 179 Å². The molecular weight excluding hydrogens is 404 g/mol. The van der Waals surface area contributed by atoms with Crippen LogP contribution in [0.25, 0.3) is 11.4 Å². The lowest BCUT2D eigenvalue weighted by Gasteiger charge is -2.07. The molecular formula is C22H24N2O7. The highest BCUT2D eigenvalue weighted by Gasteiger charge is 2.15. The Morgan fingerprint density at radius 2 is 1.65 bits per heavy atom. The van der Waals surface area contributed by atoms with Gasteiger partial charge in [0.2, 0.25) is 5.82 Å². The van der Waals surface area contributed by atoms with Crippen LogP contribution >= 0.6 is 0 Å². The number of benzene rings is 2. The summed E-state index contributed by atoms with van der Waals surface area (Å²) in [5.41, 5.74) is 0.639. The predicted octanol–water partition coefficient (Wildman–Crippen LogP) is 3.66. The van der Waals surface area contributed by atoms with Crippen LogP contribution in [0.1, 0.15) is 18.7 Å². The summed E-state index contributed by atoms with van der Waals surface area (Å²) in [5.74, 6) is 2.80. The molecule has 0 N–H and O–H groups in total. The van der Waals surface area contributed by atoms with Crippen LogP contribution in [0.4, 0.5) is 0 Å². The molecule has 0 unspecified atom stereocenters. The summed E-state index contributed by atoms with van der Waals surface area (Å²) in [7, 11) is 4.71. The van der Waals surface area contributed by atoms with Crippen LogP contribution in [0.5, 0.6) is 23.0 Å². The van der Waals surface area contributed by atoms with Crippen molar-refractivity contribution in [3.8, 4) is 34.4 Å². The number of hydrogen-bond acceptors (Lipinski definition) is 9. The first-order valence-electron chi connectivity index (χ1n) is 9.60. The van der Waals surface area contributed by atoms with Gasteiger partial charge in [0, 0.05) is 12.5 Å². The van der Waals surface area contributed by atoms with Gasteiger partial charge in [0.05, 0.1) is 33.5 Å². The predicted molar refractivity (Wildman–Crippen MR) is 110 cm³/mol. The molecule has 0 spiro atoms. The van der Waals surface area contributed by atoms with E-state index in [1.54, 1.807) is 39.5 Å². The van der Waals surface area contributed by atoms with Crippen molar-refractivity contribution in [2.75, 3.05) is 27.9 Å². The Balaban J connectivity index is 1.43. The summed E-state index contributed by atoms with van der Waals surface area (Å²) in [5, 5.41) is 3.92. The van der Waals surface area contributed by atoms with Crippen LogP contribution in [0.2, 0.25) is 0 Å². The normalized spacial score (nSPS) is 10.4. The van der Waals surface area contributed by atoms with Gasteiger partial charge in [-0.05, 0) is 42.8 Å². The van der Waals surface area contributed by atoms with Gasteiger partial charge in [-0.3, -0.25) is 4.79 Å². The fourth-order valence-corrected chi connectivity index (χ4v) is 2.70. The van der Waals surface area contributed by atoms with Crippen molar-refractivity contribution in [3.63, 3.8) is 0 Å². The van der Waals surface area contributed by atoms with Crippen LogP contribution in [0.3, 0.4) is 0 Å². The average molecular weight is 428 g/mol. The molecule has 0 saturated carbocycles. The molecule has 31 heavy (non-hydrogen) atoms. The lowest BCUT2D eigenvalue weighted by atomic mass is 10.2. The van der Waals surface area contributed by atoms with Gasteiger partial charge < -0.3 is 28.2 Å². The highest BCUT2D eigenvalue weighted by atomic mass is 16.6. The van der Waals surface area contributed by atoms with Crippen LogP contribution < -0.4 is 18.9 Å². The van der Waals surface area contributed by atoms with Gasteiger partial charge >= 0.3 is 5.97 Å². The zero-order valence-electron chi connectivity index (χ0n) is 17.6. The van der Waals surface area contributed by atoms with E-state index in [1.807, 2.05) is 24.3 Å². The van der Waals surface area contributed by atoms with Gasteiger partial charge in [-0.25, -0.2) is 0 Å². The van der Waals surface area contributed by atoms with E-state index in [-0.39, 0.29) is 24.9 Å². The third-order valence-corrected chi connectivity index (χ3v) is 4.33. The molecule has 0 aliphatic rings. The fraction of sp³-hybridized carbons (Fsp3) is 0.318. The molecule has 0 radical (unpaired) electrons. The summed E-state index contributed by atoms with van der Waals surface area (Å²) in [6.07, 6.45) is 0.729. The Morgan fingerprint density at radius 1 is 0.935 bits per heavy atom. The number of nitrogens with zero attached hydrogens (tertiary/aromatic N) is 2. The van der Waals surface area contributed by atoms with E-state index in [4.69, 9.17) is 28.2 Å². The molecule has 0 amide bonds. The third kappa shape index (κ3) is 6.11. The molecule has 3 rings (SSSR count). The summed E-state index contributed by atoms with van der Waals surface area (Å²) < 4.78 is 31.6. The van der Waals surface area contributed by atoms with Gasteiger partial charge in [0.15, 0.2) is 6.61 Å². The van der Waals surface area contributed by atoms with Crippen molar-refractivity contribution < 1.29 is 33.0 Å². The van der Waals surface area contributed by atoms with E-state index in [0.717, 1.165) is 5.75 Å². The van der Waals surface area contributed by atoms with Gasteiger partial charge in [-0.2, -0.15) is 4.98 Å². The lowest BCUT2D eigenvalue weighted by molar-refractivity contribution is -0.146. The topological polar surface area (TPSA) is 102 Å².